The summed E-state index contributed by atoms with van der Waals surface area (Å²) in [4.78, 5) is 22.8. The second-order valence-corrected chi connectivity index (χ2v) is 4.60. The molecule has 5 heteroatoms. The molecule has 1 aromatic rings. The molecule has 0 aliphatic carbocycles. The first-order chi connectivity index (χ1) is 9.51. The van der Waals surface area contributed by atoms with Crippen LogP contribution in [-0.4, -0.2) is 31.1 Å². The lowest BCUT2D eigenvalue weighted by Crippen LogP contribution is -2.28. The zero-order valence-corrected chi connectivity index (χ0v) is 12.1. The predicted molar refractivity (Wildman–Crippen MR) is 75.6 cm³/mol. The molecule has 0 fully saturated rings. The highest BCUT2D eigenvalue weighted by Gasteiger charge is 2.09. The molecule has 1 aromatic carbocycles. The molecule has 0 saturated carbocycles. The summed E-state index contributed by atoms with van der Waals surface area (Å²) >= 11 is 0. The smallest absolute Gasteiger partial charge is 0.310 e. The van der Waals surface area contributed by atoms with E-state index >= 15 is 0 Å². The molecule has 0 heterocycles. The molecule has 5 nitrogen and oxygen atoms in total. The Hall–Kier alpha value is -2.04. The SMILES string of the molecule is CCNC(=O)COC(=O)Cc1cccc(OC(C)C)c1. The molecule has 0 atom stereocenters. The van der Waals surface area contributed by atoms with Gasteiger partial charge in [0.2, 0.25) is 0 Å². The lowest BCUT2D eigenvalue weighted by molar-refractivity contribution is -0.147. The van der Waals surface area contributed by atoms with Crippen LogP contribution in [-0.2, 0) is 20.7 Å². The minimum atomic E-state index is -0.432. The molecule has 0 aromatic heterocycles. The van der Waals surface area contributed by atoms with Gasteiger partial charge in [0, 0.05) is 6.54 Å². The average molecular weight is 279 g/mol. The molecule has 110 valence electrons. The topological polar surface area (TPSA) is 64.6 Å². The van der Waals surface area contributed by atoms with Crippen LogP contribution in [0.2, 0.25) is 0 Å². The lowest BCUT2D eigenvalue weighted by atomic mass is 10.1. The summed E-state index contributed by atoms with van der Waals surface area (Å²) < 4.78 is 10.4. The lowest BCUT2D eigenvalue weighted by Gasteiger charge is -2.10. The van der Waals surface area contributed by atoms with Gasteiger partial charge in [0.05, 0.1) is 12.5 Å². The molecular weight excluding hydrogens is 258 g/mol. The minimum absolute atomic E-state index is 0.0786. The van der Waals surface area contributed by atoms with Gasteiger partial charge in [-0.25, -0.2) is 0 Å². The fourth-order valence-corrected chi connectivity index (χ4v) is 1.61. The van der Waals surface area contributed by atoms with Gasteiger partial charge in [-0.15, -0.1) is 0 Å². The largest absolute Gasteiger partial charge is 0.491 e. The van der Waals surface area contributed by atoms with Crippen LogP contribution in [0.25, 0.3) is 0 Å². The second kappa shape index (κ2) is 8.19. The summed E-state index contributed by atoms with van der Waals surface area (Å²) in [6.07, 6.45) is 0.198. The summed E-state index contributed by atoms with van der Waals surface area (Å²) in [5.74, 6) is -0.00952. The standard InChI is InChI=1S/C15H21NO4/c1-4-16-14(17)10-19-15(18)9-12-6-5-7-13(8-12)20-11(2)3/h5-8,11H,4,9-10H2,1-3H3,(H,16,17). The van der Waals surface area contributed by atoms with Gasteiger partial charge in [-0.05, 0) is 38.5 Å². The fourth-order valence-electron chi connectivity index (χ4n) is 1.61. The van der Waals surface area contributed by atoms with Crippen LogP contribution in [0.4, 0.5) is 0 Å². The molecule has 1 N–H and O–H groups in total. The quantitative estimate of drug-likeness (QED) is 0.771. The van der Waals surface area contributed by atoms with E-state index in [2.05, 4.69) is 5.32 Å². The number of carbonyl (C=O) groups is 2. The molecule has 0 radical (unpaired) electrons. The van der Waals surface area contributed by atoms with E-state index in [1.807, 2.05) is 32.0 Å². The van der Waals surface area contributed by atoms with Gasteiger partial charge >= 0.3 is 5.97 Å². The summed E-state index contributed by atoms with van der Waals surface area (Å²) in [7, 11) is 0. The molecule has 1 rings (SSSR count). The third kappa shape index (κ3) is 6.22. The number of rotatable bonds is 7. The Labute approximate surface area is 119 Å². The Morgan fingerprint density at radius 2 is 2.05 bits per heavy atom. The normalized spacial score (nSPS) is 10.2. The molecule has 0 bridgehead atoms. The monoisotopic (exact) mass is 279 g/mol. The number of amides is 1. The molecule has 0 unspecified atom stereocenters. The number of esters is 1. The third-order valence-corrected chi connectivity index (χ3v) is 2.36. The highest BCUT2D eigenvalue weighted by atomic mass is 16.5. The van der Waals surface area contributed by atoms with Crippen LogP contribution in [0.3, 0.4) is 0 Å². The summed E-state index contributed by atoms with van der Waals surface area (Å²) in [5, 5.41) is 2.56. The molecule has 0 spiro atoms. The summed E-state index contributed by atoms with van der Waals surface area (Å²) in [5.41, 5.74) is 0.795. The van der Waals surface area contributed by atoms with Crippen molar-refractivity contribution in [2.45, 2.75) is 33.3 Å². The van der Waals surface area contributed by atoms with E-state index < -0.39 is 5.97 Å². The number of likely N-dealkylation sites (N-methyl/N-ethyl adjacent to an activating group) is 1. The molecule has 20 heavy (non-hydrogen) atoms. The van der Waals surface area contributed by atoms with Gasteiger partial charge in [0.25, 0.3) is 5.91 Å². The molecule has 1 amide bonds. The third-order valence-electron chi connectivity index (χ3n) is 2.36. The van der Waals surface area contributed by atoms with Crippen LogP contribution >= 0.6 is 0 Å². The Morgan fingerprint density at radius 3 is 2.70 bits per heavy atom. The maximum absolute atomic E-state index is 11.6. The van der Waals surface area contributed by atoms with Crippen LogP contribution < -0.4 is 10.1 Å². The average Bonchev–Trinajstić information content (AvgIpc) is 2.36. The second-order valence-electron chi connectivity index (χ2n) is 4.60. The number of hydrogen-bond acceptors (Lipinski definition) is 4. The van der Waals surface area contributed by atoms with E-state index in [-0.39, 0.29) is 25.0 Å². The number of ether oxygens (including phenoxy) is 2. The van der Waals surface area contributed by atoms with Gasteiger partial charge < -0.3 is 14.8 Å². The van der Waals surface area contributed by atoms with Gasteiger partial charge in [0.15, 0.2) is 6.61 Å². The maximum Gasteiger partial charge on any atom is 0.310 e. The van der Waals surface area contributed by atoms with E-state index in [9.17, 15) is 9.59 Å². The van der Waals surface area contributed by atoms with Gasteiger partial charge in [-0.3, -0.25) is 9.59 Å². The van der Waals surface area contributed by atoms with E-state index in [1.165, 1.54) is 0 Å². The molecule has 0 saturated heterocycles. The fraction of sp³-hybridized carbons (Fsp3) is 0.467. The van der Waals surface area contributed by atoms with Crippen molar-refractivity contribution in [2.75, 3.05) is 13.2 Å². The van der Waals surface area contributed by atoms with E-state index in [4.69, 9.17) is 9.47 Å². The Balaban J connectivity index is 2.47. The summed E-state index contributed by atoms with van der Waals surface area (Å²) in [6.45, 7) is 5.96. The van der Waals surface area contributed by atoms with Crippen LogP contribution in [0.1, 0.15) is 26.3 Å². The van der Waals surface area contributed by atoms with Gasteiger partial charge in [-0.2, -0.15) is 0 Å². The van der Waals surface area contributed by atoms with Crippen LogP contribution in [0.15, 0.2) is 24.3 Å². The highest BCUT2D eigenvalue weighted by Crippen LogP contribution is 2.15. The minimum Gasteiger partial charge on any atom is -0.491 e. The van der Waals surface area contributed by atoms with Crippen molar-refractivity contribution < 1.29 is 19.1 Å². The number of nitrogens with one attached hydrogen (secondary N) is 1. The number of hydrogen-bond donors (Lipinski definition) is 1. The van der Waals surface area contributed by atoms with Crippen molar-refractivity contribution in [2.24, 2.45) is 0 Å². The van der Waals surface area contributed by atoms with Crippen LogP contribution in [0, 0.1) is 0 Å². The van der Waals surface area contributed by atoms with E-state index in [0.29, 0.717) is 12.3 Å². The highest BCUT2D eigenvalue weighted by molar-refractivity contribution is 5.81. The van der Waals surface area contributed by atoms with Gasteiger partial charge in [-0.1, -0.05) is 12.1 Å². The van der Waals surface area contributed by atoms with E-state index in [1.54, 1.807) is 13.0 Å². The number of carbonyl (C=O) groups excluding carboxylic acids is 2. The Morgan fingerprint density at radius 1 is 1.30 bits per heavy atom. The molecule has 0 aliphatic heterocycles. The van der Waals surface area contributed by atoms with Crippen molar-refractivity contribution in [3.05, 3.63) is 29.8 Å². The van der Waals surface area contributed by atoms with Crippen molar-refractivity contribution in [1.29, 1.82) is 0 Å². The van der Waals surface area contributed by atoms with Crippen molar-refractivity contribution in [1.82, 2.24) is 5.32 Å². The van der Waals surface area contributed by atoms with Gasteiger partial charge in [0.1, 0.15) is 5.75 Å². The first-order valence-corrected chi connectivity index (χ1v) is 6.69. The zero-order chi connectivity index (χ0) is 15.0. The Kier molecular flexibility index (Phi) is 6.56. The summed E-state index contributed by atoms with van der Waals surface area (Å²) in [6, 6.07) is 7.28. The zero-order valence-electron chi connectivity index (χ0n) is 12.1. The first kappa shape index (κ1) is 16.0. The number of benzene rings is 1. The Bertz CT molecular complexity index is 457. The van der Waals surface area contributed by atoms with Crippen molar-refractivity contribution in [3.8, 4) is 5.75 Å². The predicted octanol–water partition coefficient (Wildman–Crippen LogP) is 1.70. The van der Waals surface area contributed by atoms with Crippen molar-refractivity contribution in [3.63, 3.8) is 0 Å². The molecular formula is C15H21NO4. The van der Waals surface area contributed by atoms with E-state index in [0.717, 1.165) is 5.56 Å². The van der Waals surface area contributed by atoms with Crippen LogP contribution in [0.5, 0.6) is 5.75 Å². The van der Waals surface area contributed by atoms with Crippen molar-refractivity contribution >= 4 is 11.9 Å². The first-order valence-electron chi connectivity index (χ1n) is 6.69. The maximum atomic E-state index is 11.6. The molecule has 0 aliphatic rings.